The molecule has 0 aromatic carbocycles. The summed E-state index contributed by atoms with van der Waals surface area (Å²) in [7, 11) is 0. The van der Waals surface area contributed by atoms with Crippen molar-refractivity contribution in [2.45, 2.75) is 26.8 Å². The van der Waals surface area contributed by atoms with E-state index >= 15 is 0 Å². The first kappa shape index (κ1) is 15.7. The molecule has 0 saturated heterocycles. The minimum atomic E-state index is -0.250. The topological polar surface area (TPSA) is 63.9 Å². The second-order valence-corrected chi connectivity index (χ2v) is 5.53. The van der Waals surface area contributed by atoms with Crippen molar-refractivity contribution in [2.75, 3.05) is 19.7 Å². The van der Waals surface area contributed by atoms with Gasteiger partial charge < -0.3 is 4.74 Å². The van der Waals surface area contributed by atoms with Crippen LogP contribution in [0.2, 0.25) is 0 Å². The Balaban J connectivity index is 2.14. The zero-order chi connectivity index (χ0) is 15.2. The van der Waals surface area contributed by atoms with Gasteiger partial charge in [-0.2, -0.15) is 0 Å². The van der Waals surface area contributed by atoms with Gasteiger partial charge >= 0.3 is 5.97 Å². The first-order valence-corrected chi connectivity index (χ1v) is 7.85. The highest BCUT2D eigenvalue weighted by molar-refractivity contribution is 7.15. The Morgan fingerprint density at radius 2 is 2.29 bits per heavy atom. The third-order valence-corrected chi connectivity index (χ3v) is 3.70. The number of esters is 1. The van der Waals surface area contributed by atoms with E-state index < -0.39 is 0 Å². The van der Waals surface area contributed by atoms with Crippen LogP contribution < -0.4 is 5.56 Å². The molecule has 2 aromatic rings. The number of thiazole rings is 1. The molecule has 0 unspecified atom stereocenters. The summed E-state index contributed by atoms with van der Waals surface area (Å²) in [6.45, 7) is 5.64. The SMILES string of the molecule is CCCN(CC(=O)OCC)Cc1cc(=O)n2ccsc2n1. The molecule has 2 heterocycles. The summed E-state index contributed by atoms with van der Waals surface area (Å²) in [5, 5.41) is 1.83. The molecular formula is C14H19N3O3S. The molecule has 114 valence electrons. The monoisotopic (exact) mass is 309 g/mol. The summed E-state index contributed by atoms with van der Waals surface area (Å²) < 4.78 is 6.49. The van der Waals surface area contributed by atoms with E-state index in [0.717, 1.165) is 13.0 Å². The molecule has 0 atom stereocenters. The number of fused-ring (bicyclic) bond motifs is 1. The number of hydrogen-bond acceptors (Lipinski definition) is 6. The number of aromatic nitrogens is 2. The average molecular weight is 309 g/mol. The van der Waals surface area contributed by atoms with E-state index in [1.807, 2.05) is 17.2 Å². The predicted molar refractivity (Wildman–Crippen MR) is 81.5 cm³/mol. The van der Waals surface area contributed by atoms with Crippen molar-refractivity contribution < 1.29 is 9.53 Å². The quantitative estimate of drug-likeness (QED) is 0.726. The van der Waals surface area contributed by atoms with Gasteiger partial charge in [0.1, 0.15) is 0 Å². The lowest BCUT2D eigenvalue weighted by Crippen LogP contribution is -2.32. The van der Waals surface area contributed by atoms with Crippen LogP contribution in [0.5, 0.6) is 0 Å². The van der Waals surface area contributed by atoms with Crippen LogP contribution in [0, 0.1) is 0 Å². The zero-order valence-electron chi connectivity index (χ0n) is 12.2. The van der Waals surface area contributed by atoms with E-state index in [0.29, 0.717) is 23.8 Å². The maximum absolute atomic E-state index is 11.9. The number of ether oxygens (including phenoxy) is 1. The van der Waals surface area contributed by atoms with Gasteiger partial charge in [0, 0.05) is 24.2 Å². The molecule has 2 rings (SSSR count). The Labute approximate surface area is 127 Å². The molecule has 0 amide bonds. The van der Waals surface area contributed by atoms with Gasteiger partial charge in [0.05, 0.1) is 18.8 Å². The number of rotatable bonds is 7. The van der Waals surface area contributed by atoms with Crippen molar-refractivity contribution in [1.29, 1.82) is 0 Å². The highest BCUT2D eigenvalue weighted by atomic mass is 32.1. The number of hydrogen-bond donors (Lipinski definition) is 0. The second kappa shape index (κ2) is 7.33. The van der Waals surface area contributed by atoms with Gasteiger partial charge in [-0.25, -0.2) is 4.98 Å². The maximum Gasteiger partial charge on any atom is 0.320 e. The van der Waals surface area contributed by atoms with Crippen molar-refractivity contribution >= 4 is 22.3 Å². The molecular weight excluding hydrogens is 290 g/mol. The van der Waals surface area contributed by atoms with Crippen molar-refractivity contribution in [3.8, 4) is 0 Å². The molecule has 21 heavy (non-hydrogen) atoms. The summed E-state index contributed by atoms with van der Waals surface area (Å²) in [4.78, 5) is 30.6. The molecule has 0 radical (unpaired) electrons. The third-order valence-electron chi connectivity index (χ3n) is 2.94. The Morgan fingerprint density at radius 3 is 3.00 bits per heavy atom. The van der Waals surface area contributed by atoms with Gasteiger partial charge in [0.2, 0.25) is 0 Å². The normalized spacial score (nSPS) is 11.2. The Bertz CT molecular complexity index is 665. The van der Waals surface area contributed by atoms with Crippen LogP contribution >= 0.6 is 11.3 Å². The molecule has 2 aromatic heterocycles. The number of carbonyl (C=O) groups excluding carboxylic acids is 1. The van der Waals surface area contributed by atoms with Crippen molar-refractivity contribution in [1.82, 2.24) is 14.3 Å². The van der Waals surface area contributed by atoms with Gasteiger partial charge in [-0.15, -0.1) is 11.3 Å². The minimum Gasteiger partial charge on any atom is -0.465 e. The fraction of sp³-hybridized carbons (Fsp3) is 0.500. The summed E-state index contributed by atoms with van der Waals surface area (Å²) in [6.07, 6.45) is 2.63. The Morgan fingerprint density at radius 1 is 1.48 bits per heavy atom. The van der Waals surface area contributed by atoms with Gasteiger partial charge in [0.15, 0.2) is 4.96 Å². The fourth-order valence-corrected chi connectivity index (χ4v) is 2.86. The molecule has 0 aliphatic carbocycles. The minimum absolute atomic E-state index is 0.0937. The summed E-state index contributed by atoms with van der Waals surface area (Å²) in [5.74, 6) is -0.250. The van der Waals surface area contributed by atoms with E-state index in [1.165, 1.54) is 21.8 Å². The summed E-state index contributed by atoms with van der Waals surface area (Å²) >= 11 is 1.42. The van der Waals surface area contributed by atoms with Crippen LogP contribution in [0.1, 0.15) is 26.0 Å². The fourth-order valence-electron chi connectivity index (χ4n) is 2.12. The van der Waals surface area contributed by atoms with Crippen LogP contribution in [0.25, 0.3) is 4.96 Å². The van der Waals surface area contributed by atoms with Gasteiger partial charge in [-0.05, 0) is 19.9 Å². The smallest absolute Gasteiger partial charge is 0.320 e. The van der Waals surface area contributed by atoms with E-state index in [2.05, 4.69) is 4.98 Å². The molecule has 0 bridgehead atoms. The molecule has 6 nitrogen and oxygen atoms in total. The maximum atomic E-state index is 11.9. The Hall–Kier alpha value is -1.73. The molecule has 7 heteroatoms. The molecule has 0 spiro atoms. The molecule has 0 fully saturated rings. The first-order chi connectivity index (χ1) is 10.1. The van der Waals surface area contributed by atoms with Crippen molar-refractivity contribution in [3.05, 3.63) is 33.7 Å². The Kier molecular flexibility index (Phi) is 5.46. The van der Waals surface area contributed by atoms with Crippen LogP contribution in [-0.4, -0.2) is 40.0 Å². The van der Waals surface area contributed by atoms with Gasteiger partial charge in [-0.3, -0.25) is 18.9 Å². The highest BCUT2D eigenvalue weighted by Crippen LogP contribution is 2.08. The van der Waals surface area contributed by atoms with E-state index in [-0.39, 0.29) is 18.1 Å². The molecule has 0 aliphatic heterocycles. The average Bonchev–Trinajstić information content (AvgIpc) is 2.88. The molecule has 0 N–H and O–H groups in total. The van der Waals surface area contributed by atoms with E-state index in [4.69, 9.17) is 4.74 Å². The lowest BCUT2D eigenvalue weighted by molar-refractivity contribution is -0.144. The van der Waals surface area contributed by atoms with E-state index in [9.17, 15) is 9.59 Å². The zero-order valence-corrected chi connectivity index (χ0v) is 13.1. The van der Waals surface area contributed by atoms with Crippen LogP contribution in [0.3, 0.4) is 0 Å². The molecule has 0 saturated carbocycles. The second-order valence-electron chi connectivity index (χ2n) is 4.66. The number of nitrogens with zero attached hydrogens (tertiary/aromatic N) is 3. The molecule has 0 aliphatic rings. The first-order valence-electron chi connectivity index (χ1n) is 6.97. The van der Waals surface area contributed by atoms with Crippen LogP contribution in [0.4, 0.5) is 0 Å². The third kappa shape index (κ3) is 4.12. The lowest BCUT2D eigenvalue weighted by atomic mass is 10.3. The largest absolute Gasteiger partial charge is 0.465 e. The standard InChI is InChI=1S/C14H19N3O3S/c1-3-5-16(10-13(19)20-4-2)9-11-8-12(18)17-6-7-21-14(17)15-11/h6-8H,3-5,9-10H2,1-2H3. The van der Waals surface area contributed by atoms with Crippen LogP contribution in [-0.2, 0) is 16.1 Å². The van der Waals surface area contributed by atoms with Gasteiger partial charge in [-0.1, -0.05) is 6.92 Å². The lowest BCUT2D eigenvalue weighted by Gasteiger charge is -2.19. The van der Waals surface area contributed by atoms with Crippen LogP contribution in [0.15, 0.2) is 22.4 Å². The highest BCUT2D eigenvalue weighted by Gasteiger charge is 2.13. The van der Waals surface area contributed by atoms with Gasteiger partial charge in [0.25, 0.3) is 5.56 Å². The predicted octanol–water partition coefficient (Wildman–Crippen LogP) is 1.53. The van der Waals surface area contributed by atoms with E-state index in [1.54, 1.807) is 13.1 Å². The van der Waals surface area contributed by atoms with Crippen molar-refractivity contribution in [2.24, 2.45) is 0 Å². The van der Waals surface area contributed by atoms with Crippen molar-refractivity contribution in [3.63, 3.8) is 0 Å². The summed E-state index contributed by atoms with van der Waals surface area (Å²) in [5.41, 5.74) is 0.587. The summed E-state index contributed by atoms with van der Waals surface area (Å²) in [6, 6.07) is 1.52. The number of carbonyl (C=O) groups is 1.